The van der Waals surface area contributed by atoms with E-state index in [9.17, 15) is 4.39 Å². The van der Waals surface area contributed by atoms with Crippen LogP contribution >= 0.6 is 12.4 Å². The summed E-state index contributed by atoms with van der Waals surface area (Å²) in [5.41, 5.74) is 3.46. The smallest absolute Gasteiger partial charge is 0.123 e. The van der Waals surface area contributed by atoms with Crippen LogP contribution < -0.4 is 4.74 Å². The van der Waals surface area contributed by atoms with E-state index < -0.39 is 0 Å². The van der Waals surface area contributed by atoms with Crippen molar-refractivity contribution in [3.05, 3.63) is 71.0 Å². The highest BCUT2D eigenvalue weighted by atomic mass is 35.5. The minimum Gasteiger partial charge on any atom is -0.493 e. The van der Waals surface area contributed by atoms with Crippen molar-refractivity contribution < 1.29 is 9.13 Å². The highest BCUT2D eigenvalue weighted by Crippen LogP contribution is 2.26. The van der Waals surface area contributed by atoms with Crippen LogP contribution in [-0.4, -0.2) is 25.1 Å². The summed E-state index contributed by atoms with van der Waals surface area (Å²) in [6.07, 6.45) is 6.23. The Morgan fingerprint density at radius 3 is 2.92 bits per heavy atom. The fourth-order valence-corrected chi connectivity index (χ4v) is 2.84. The number of hydrogen-bond acceptors (Lipinski definition) is 2. The van der Waals surface area contributed by atoms with E-state index >= 15 is 0 Å². The Morgan fingerprint density at radius 1 is 1.21 bits per heavy atom. The van der Waals surface area contributed by atoms with Crippen LogP contribution in [0.25, 0.3) is 6.08 Å². The van der Waals surface area contributed by atoms with Gasteiger partial charge in [0.1, 0.15) is 11.6 Å². The van der Waals surface area contributed by atoms with Crippen molar-refractivity contribution in [2.24, 2.45) is 0 Å². The van der Waals surface area contributed by atoms with Crippen LogP contribution in [0.4, 0.5) is 4.39 Å². The molecule has 0 saturated heterocycles. The molecule has 1 heterocycles. The van der Waals surface area contributed by atoms with E-state index in [1.807, 2.05) is 12.1 Å². The van der Waals surface area contributed by atoms with Crippen molar-refractivity contribution >= 4 is 18.5 Å². The standard InChI is InChI=1S/C20H22FNO.ClH/c1-22(11-3-6-16-5-2-8-19(21)13-16)15-17-9-10-18-7-4-12-23-20(18)14-17;/h2-3,5-6,8-10,13-14H,4,7,11-12,15H2,1H3;1H/b6-3+;. The lowest BCUT2D eigenvalue weighted by atomic mass is 10.0. The fraction of sp³-hybridized carbons (Fsp3) is 0.300. The number of likely N-dealkylation sites (N-methyl/N-ethyl adjacent to an activating group) is 1. The van der Waals surface area contributed by atoms with Crippen LogP contribution in [0.2, 0.25) is 0 Å². The summed E-state index contributed by atoms with van der Waals surface area (Å²) in [4.78, 5) is 2.22. The summed E-state index contributed by atoms with van der Waals surface area (Å²) in [6, 6.07) is 13.1. The molecule has 0 fully saturated rings. The quantitative estimate of drug-likeness (QED) is 0.776. The lowest BCUT2D eigenvalue weighted by Crippen LogP contribution is -2.18. The summed E-state index contributed by atoms with van der Waals surface area (Å²) >= 11 is 0. The first kappa shape index (κ1) is 18.5. The molecule has 0 radical (unpaired) electrons. The van der Waals surface area contributed by atoms with Crippen LogP contribution in [0.15, 0.2) is 48.5 Å². The van der Waals surface area contributed by atoms with Gasteiger partial charge >= 0.3 is 0 Å². The molecular formula is C20H23ClFNO. The molecule has 128 valence electrons. The third kappa shape index (κ3) is 5.08. The van der Waals surface area contributed by atoms with Crippen molar-refractivity contribution in [1.82, 2.24) is 4.90 Å². The fourth-order valence-electron chi connectivity index (χ4n) is 2.84. The second kappa shape index (κ2) is 8.86. The van der Waals surface area contributed by atoms with Gasteiger partial charge in [-0.2, -0.15) is 0 Å². The molecule has 0 bridgehead atoms. The van der Waals surface area contributed by atoms with Crippen LogP contribution in [-0.2, 0) is 13.0 Å². The largest absolute Gasteiger partial charge is 0.493 e. The molecule has 0 spiro atoms. The summed E-state index contributed by atoms with van der Waals surface area (Å²) in [6.45, 7) is 2.50. The van der Waals surface area contributed by atoms with Crippen molar-refractivity contribution in [2.75, 3.05) is 20.2 Å². The predicted octanol–water partition coefficient (Wildman–Crippen LogP) is 4.72. The molecule has 1 aliphatic rings. The van der Waals surface area contributed by atoms with Gasteiger partial charge in [-0.1, -0.05) is 36.4 Å². The Balaban J connectivity index is 0.00000208. The number of fused-ring (bicyclic) bond motifs is 1. The van der Waals surface area contributed by atoms with Gasteiger partial charge in [-0.15, -0.1) is 12.4 Å². The molecule has 24 heavy (non-hydrogen) atoms. The minimum atomic E-state index is -0.199. The van der Waals surface area contributed by atoms with Gasteiger partial charge in [-0.05, 0) is 54.8 Å². The third-order valence-electron chi connectivity index (χ3n) is 4.01. The molecule has 2 aromatic rings. The molecular weight excluding hydrogens is 325 g/mol. The SMILES string of the molecule is CN(C/C=C/c1cccc(F)c1)Cc1ccc2c(c1)OCCC2.Cl. The van der Waals surface area contributed by atoms with E-state index in [4.69, 9.17) is 4.74 Å². The Labute approximate surface area is 149 Å². The average Bonchev–Trinajstić information content (AvgIpc) is 2.55. The van der Waals surface area contributed by atoms with Crippen LogP contribution in [0, 0.1) is 5.82 Å². The minimum absolute atomic E-state index is 0. The second-order valence-corrected chi connectivity index (χ2v) is 6.05. The molecule has 0 unspecified atom stereocenters. The van der Waals surface area contributed by atoms with Gasteiger partial charge in [0, 0.05) is 13.1 Å². The van der Waals surface area contributed by atoms with Crippen LogP contribution in [0.3, 0.4) is 0 Å². The van der Waals surface area contributed by atoms with E-state index in [-0.39, 0.29) is 18.2 Å². The first-order valence-electron chi connectivity index (χ1n) is 8.06. The number of halogens is 2. The van der Waals surface area contributed by atoms with Gasteiger partial charge in [0.2, 0.25) is 0 Å². The van der Waals surface area contributed by atoms with Crippen molar-refractivity contribution in [2.45, 2.75) is 19.4 Å². The van der Waals surface area contributed by atoms with Crippen LogP contribution in [0.5, 0.6) is 5.75 Å². The lowest BCUT2D eigenvalue weighted by molar-refractivity contribution is 0.287. The van der Waals surface area contributed by atoms with Gasteiger partial charge in [0.15, 0.2) is 0 Å². The Bertz CT molecular complexity index is 702. The molecule has 0 amide bonds. The number of ether oxygens (including phenoxy) is 1. The zero-order chi connectivity index (χ0) is 16.1. The third-order valence-corrected chi connectivity index (χ3v) is 4.01. The van der Waals surface area contributed by atoms with Crippen molar-refractivity contribution in [1.29, 1.82) is 0 Å². The van der Waals surface area contributed by atoms with E-state index in [1.165, 1.54) is 23.3 Å². The molecule has 1 aliphatic heterocycles. The summed E-state index contributed by atoms with van der Waals surface area (Å²) in [7, 11) is 2.08. The van der Waals surface area contributed by atoms with E-state index in [0.29, 0.717) is 0 Å². The maximum absolute atomic E-state index is 13.1. The molecule has 0 aromatic heterocycles. The summed E-state index contributed by atoms with van der Waals surface area (Å²) < 4.78 is 18.9. The molecule has 3 rings (SSSR count). The Kier molecular flexibility index (Phi) is 6.83. The molecule has 0 atom stereocenters. The number of hydrogen-bond donors (Lipinski definition) is 0. The van der Waals surface area contributed by atoms with Crippen molar-refractivity contribution in [3.8, 4) is 5.75 Å². The monoisotopic (exact) mass is 347 g/mol. The van der Waals surface area contributed by atoms with Gasteiger partial charge in [-0.3, -0.25) is 4.90 Å². The zero-order valence-electron chi connectivity index (χ0n) is 13.9. The molecule has 0 N–H and O–H groups in total. The number of rotatable bonds is 5. The zero-order valence-corrected chi connectivity index (χ0v) is 14.7. The molecule has 4 heteroatoms. The molecule has 2 nitrogen and oxygen atoms in total. The second-order valence-electron chi connectivity index (χ2n) is 6.05. The number of aryl methyl sites for hydroxylation is 1. The summed E-state index contributed by atoms with van der Waals surface area (Å²) in [5.74, 6) is 0.840. The normalized spacial score (nSPS) is 13.5. The first-order chi connectivity index (χ1) is 11.2. The van der Waals surface area contributed by atoms with E-state index in [2.05, 4.69) is 36.2 Å². The maximum Gasteiger partial charge on any atom is 0.123 e. The van der Waals surface area contributed by atoms with E-state index in [1.54, 1.807) is 6.07 Å². The van der Waals surface area contributed by atoms with Crippen LogP contribution in [0.1, 0.15) is 23.1 Å². The first-order valence-corrected chi connectivity index (χ1v) is 8.06. The van der Waals surface area contributed by atoms with Gasteiger partial charge < -0.3 is 4.74 Å². The van der Waals surface area contributed by atoms with Crippen molar-refractivity contribution in [3.63, 3.8) is 0 Å². The molecule has 0 saturated carbocycles. The van der Waals surface area contributed by atoms with E-state index in [0.717, 1.165) is 43.9 Å². The highest BCUT2D eigenvalue weighted by molar-refractivity contribution is 5.85. The Morgan fingerprint density at radius 2 is 2.08 bits per heavy atom. The predicted molar refractivity (Wildman–Crippen MR) is 99.3 cm³/mol. The van der Waals surface area contributed by atoms with Gasteiger partial charge in [0.25, 0.3) is 0 Å². The number of benzene rings is 2. The highest BCUT2D eigenvalue weighted by Gasteiger charge is 2.10. The number of nitrogens with zero attached hydrogens (tertiary/aromatic N) is 1. The topological polar surface area (TPSA) is 12.5 Å². The van der Waals surface area contributed by atoms with Gasteiger partial charge in [-0.25, -0.2) is 4.39 Å². The molecule has 2 aromatic carbocycles. The Hall–Kier alpha value is -1.84. The summed E-state index contributed by atoms with van der Waals surface area (Å²) in [5, 5.41) is 0. The maximum atomic E-state index is 13.1. The molecule has 0 aliphatic carbocycles. The van der Waals surface area contributed by atoms with Gasteiger partial charge in [0.05, 0.1) is 6.61 Å². The lowest BCUT2D eigenvalue weighted by Gasteiger charge is -2.20. The average molecular weight is 348 g/mol.